The molecule has 1 amide bonds. The Balaban J connectivity index is 1.80. The van der Waals surface area contributed by atoms with Crippen LogP contribution in [0.2, 0.25) is 0 Å². The summed E-state index contributed by atoms with van der Waals surface area (Å²) < 4.78 is 0. The molecule has 1 aromatic heterocycles. The van der Waals surface area contributed by atoms with Crippen molar-refractivity contribution < 1.29 is 4.79 Å². The molecule has 1 aromatic rings. The predicted molar refractivity (Wildman–Crippen MR) is 70.2 cm³/mol. The molecule has 0 N–H and O–H groups in total. The van der Waals surface area contributed by atoms with Crippen molar-refractivity contribution in [3.63, 3.8) is 0 Å². The van der Waals surface area contributed by atoms with Crippen LogP contribution in [0, 0.1) is 0 Å². The van der Waals surface area contributed by atoms with Gasteiger partial charge in [-0.15, -0.1) is 11.3 Å². The van der Waals surface area contributed by atoms with E-state index in [0.717, 1.165) is 45.2 Å². The summed E-state index contributed by atoms with van der Waals surface area (Å²) in [5.74, 6) is 0.912. The minimum Gasteiger partial charge on any atom is -0.343 e. The lowest BCUT2D eigenvalue weighted by Crippen LogP contribution is -2.37. The average Bonchev–Trinajstić information content (AvgIpc) is 2.90. The second kappa shape index (κ2) is 6.15. The monoisotopic (exact) mass is 252 g/mol. The van der Waals surface area contributed by atoms with Crippen LogP contribution < -0.4 is 0 Å². The molecular weight excluding hydrogens is 232 g/mol. The molecule has 94 valence electrons. The molecule has 1 aliphatic rings. The number of likely N-dealkylation sites (tertiary alicyclic amines) is 1. The molecule has 2 rings (SSSR count). The Bertz CT molecular complexity index is 342. The molecule has 0 atom stereocenters. The van der Waals surface area contributed by atoms with Crippen molar-refractivity contribution in [1.29, 1.82) is 0 Å². The van der Waals surface area contributed by atoms with Crippen molar-refractivity contribution in [2.75, 3.05) is 13.1 Å². The fourth-order valence-electron chi connectivity index (χ4n) is 2.30. The number of carbonyl (C=O) groups is 1. The lowest BCUT2D eigenvalue weighted by Gasteiger charge is -2.31. The van der Waals surface area contributed by atoms with Gasteiger partial charge in [0.1, 0.15) is 0 Å². The van der Waals surface area contributed by atoms with Gasteiger partial charge in [-0.2, -0.15) is 0 Å². The van der Waals surface area contributed by atoms with Crippen LogP contribution in [0.4, 0.5) is 0 Å². The van der Waals surface area contributed by atoms with Crippen molar-refractivity contribution in [3.8, 4) is 0 Å². The molecule has 2 heterocycles. The number of hydrogen-bond donors (Lipinski definition) is 0. The normalized spacial score (nSPS) is 17.4. The number of rotatable bonds is 4. The number of thiazole rings is 1. The molecule has 0 unspecified atom stereocenters. The maximum atomic E-state index is 11.9. The molecule has 1 aliphatic heterocycles. The van der Waals surface area contributed by atoms with Gasteiger partial charge in [0, 0.05) is 37.0 Å². The van der Waals surface area contributed by atoms with Gasteiger partial charge in [0.15, 0.2) is 0 Å². The predicted octanol–water partition coefficient (Wildman–Crippen LogP) is 3.04. The van der Waals surface area contributed by atoms with E-state index in [4.69, 9.17) is 0 Å². The van der Waals surface area contributed by atoms with Crippen LogP contribution in [0.5, 0.6) is 0 Å². The van der Waals surface area contributed by atoms with Crippen LogP contribution in [0.3, 0.4) is 0 Å². The molecule has 17 heavy (non-hydrogen) atoms. The Kier molecular flexibility index (Phi) is 4.54. The number of carbonyl (C=O) groups excluding carboxylic acids is 1. The number of nitrogens with zero attached hydrogens (tertiary/aromatic N) is 2. The first-order valence-electron chi connectivity index (χ1n) is 6.48. The van der Waals surface area contributed by atoms with E-state index < -0.39 is 0 Å². The van der Waals surface area contributed by atoms with Gasteiger partial charge in [0.05, 0.1) is 5.01 Å². The lowest BCUT2D eigenvalue weighted by molar-refractivity contribution is -0.132. The Hall–Kier alpha value is -0.900. The summed E-state index contributed by atoms with van der Waals surface area (Å²) >= 11 is 1.74. The topological polar surface area (TPSA) is 33.2 Å². The van der Waals surface area contributed by atoms with E-state index in [1.165, 1.54) is 5.01 Å². The second-order valence-electron chi connectivity index (χ2n) is 4.63. The number of hydrogen-bond acceptors (Lipinski definition) is 3. The van der Waals surface area contributed by atoms with E-state index in [0.29, 0.717) is 11.8 Å². The number of piperidine rings is 1. The summed E-state index contributed by atoms with van der Waals surface area (Å²) in [7, 11) is 0. The van der Waals surface area contributed by atoms with Crippen LogP contribution in [-0.2, 0) is 4.79 Å². The Morgan fingerprint density at radius 2 is 2.29 bits per heavy atom. The number of unbranched alkanes of at least 4 members (excludes halogenated alkanes) is 1. The zero-order valence-electron chi connectivity index (χ0n) is 10.4. The lowest BCUT2D eigenvalue weighted by atomic mass is 9.97. The fourth-order valence-corrected chi connectivity index (χ4v) is 3.11. The highest BCUT2D eigenvalue weighted by Gasteiger charge is 2.24. The minimum absolute atomic E-state index is 0.337. The molecular formula is C13H20N2OS. The molecule has 1 fully saturated rings. The molecule has 0 aliphatic carbocycles. The summed E-state index contributed by atoms with van der Waals surface area (Å²) in [4.78, 5) is 18.3. The highest BCUT2D eigenvalue weighted by molar-refractivity contribution is 7.09. The average molecular weight is 252 g/mol. The van der Waals surface area contributed by atoms with Crippen molar-refractivity contribution in [3.05, 3.63) is 16.6 Å². The van der Waals surface area contributed by atoms with E-state index >= 15 is 0 Å². The van der Waals surface area contributed by atoms with Gasteiger partial charge in [0.2, 0.25) is 5.91 Å². The van der Waals surface area contributed by atoms with Crippen LogP contribution in [0.25, 0.3) is 0 Å². The maximum absolute atomic E-state index is 11.9. The van der Waals surface area contributed by atoms with E-state index in [1.54, 1.807) is 11.3 Å². The van der Waals surface area contributed by atoms with Crippen molar-refractivity contribution in [1.82, 2.24) is 9.88 Å². The summed E-state index contributed by atoms with van der Waals surface area (Å²) in [5.41, 5.74) is 0. The third-order valence-electron chi connectivity index (χ3n) is 3.39. The molecule has 0 spiro atoms. The maximum Gasteiger partial charge on any atom is 0.222 e. The van der Waals surface area contributed by atoms with Gasteiger partial charge in [-0.3, -0.25) is 4.79 Å². The Morgan fingerprint density at radius 3 is 2.88 bits per heavy atom. The molecule has 0 saturated carbocycles. The zero-order valence-corrected chi connectivity index (χ0v) is 11.2. The summed E-state index contributed by atoms with van der Waals surface area (Å²) in [6.07, 6.45) is 6.86. The third kappa shape index (κ3) is 3.28. The van der Waals surface area contributed by atoms with E-state index in [-0.39, 0.29) is 0 Å². The van der Waals surface area contributed by atoms with Gasteiger partial charge in [-0.1, -0.05) is 13.3 Å². The molecule has 4 heteroatoms. The van der Waals surface area contributed by atoms with Crippen molar-refractivity contribution in [2.45, 2.75) is 44.9 Å². The molecule has 0 radical (unpaired) electrons. The number of amides is 1. The third-order valence-corrected chi connectivity index (χ3v) is 4.33. The van der Waals surface area contributed by atoms with Gasteiger partial charge < -0.3 is 4.90 Å². The fraction of sp³-hybridized carbons (Fsp3) is 0.692. The smallest absolute Gasteiger partial charge is 0.222 e. The first-order chi connectivity index (χ1) is 8.31. The van der Waals surface area contributed by atoms with Gasteiger partial charge in [-0.05, 0) is 19.3 Å². The molecule has 0 bridgehead atoms. The van der Waals surface area contributed by atoms with E-state index in [9.17, 15) is 4.79 Å². The zero-order chi connectivity index (χ0) is 12.1. The Morgan fingerprint density at radius 1 is 1.53 bits per heavy atom. The number of aromatic nitrogens is 1. The molecule has 3 nitrogen and oxygen atoms in total. The minimum atomic E-state index is 0.337. The first-order valence-corrected chi connectivity index (χ1v) is 7.36. The summed E-state index contributed by atoms with van der Waals surface area (Å²) in [6, 6.07) is 0. The van der Waals surface area contributed by atoms with E-state index in [1.807, 2.05) is 16.5 Å². The Labute approximate surface area is 107 Å². The van der Waals surface area contributed by atoms with Crippen LogP contribution in [0.1, 0.15) is 50.0 Å². The van der Waals surface area contributed by atoms with E-state index in [2.05, 4.69) is 11.9 Å². The van der Waals surface area contributed by atoms with Crippen LogP contribution in [-0.4, -0.2) is 28.9 Å². The summed E-state index contributed by atoms with van der Waals surface area (Å²) in [6.45, 7) is 3.95. The SMILES string of the molecule is CCCCC(=O)N1CCC(c2nccs2)CC1. The molecule has 0 aromatic carbocycles. The standard InChI is InChI=1S/C13H20N2OS/c1-2-3-4-12(16)15-8-5-11(6-9-15)13-14-7-10-17-13/h7,10-11H,2-6,8-9H2,1H3. The van der Waals surface area contributed by atoms with Crippen LogP contribution in [0.15, 0.2) is 11.6 Å². The van der Waals surface area contributed by atoms with Crippen molar-refractivity contribution >= 4 is 17.2 Å². The molecule has 1 saturated heterocycles. The van der Waals surface area contributed by atoms with Crippen molar-refractivity contribution in [2.24, 2.45) is 0 Å². The largest absolute Gasteiger partial charge is 0.343 e. The highest BCUT2D eigenvalue weighted by atomic mass is 32.1. The van der Waals surface area contributed by atoms with Crippen LogP contribution >= 0.6 is 11.3 Å². The highest BCUT2D eigenvalue weighted by Crippen LogP contribution is 2.29. The van der Waals surface area contributed by atoms with Gasteiger partial charge in [0.25, 0.3) is 0 Å². The second-order valence-corrected chi connectivity index (χ2v) is 5.56. The van der Waals surface area contributed by atoms with Gasteiger partial charge >= 0.3 is 0 Å². The summed E-state index contributed by atoms with van der Waals surface area (Å²) in [5, 5.41) is 3.28. The van der Waals surface area contributed by atoms with Gasteiger partial charge in [-0.25, -0.2) is 4.98 Å². The quantitative estimate of drug-likeness (QED) is 0.825. The first kappa shape index (κ1) is 12.6.